The molecule has 0 saturated carbocycles. The molecule has 0 aromatic rings. The summed E-state index contributed by atoms with van der Waals surface area (Å²) in [6.45, 7) is 9.46. The minimum atomic E-state index is 0.183. The molecule has 0 atom stereocenters. The Morgan fingerprint density at radius 3 is 2.18 bits per heavy atom. The van der Waals surface area contributed by atoms with Gasteiger partial charge in [-0.25, -0.2) is 0 Å². The normalized spacial score (nSPS) is 11.9. The van der Waals surface area contributed by atoms with Crippen LogP contribution in [0, 0.1) is 11.3 Å². The number of halogens is 1. The largest absolute Gasteiger partial charge is 0.355 e. The molecule has 0 saturated heterocycles. The molecule has 2 nitrogen and oxygen atoms in total. The third-order valence-corrected chi connectivity index (χ3v) is 3.55. The lowest BCUT2D eigenvalue weighted by Gasteiger charge is -2.25. The summed E-state index contributed by atoms with van der Waals surface area (Å²) >= 11 is 3.46. The molecule has 102 valence electrons. The van der Waals surface area contributed by atoms with Crippen molar-refractivity contribution in [3.63, 3.8) is 0 Å². The van der Waals surface area contributed by atoms with E-state index in [1.54, 1.807) is 0 Å². The molecule has 0 aliphatic rings. The molecule has 1 N–H and O–H groups in total. The van der Waals surface area contributed by atoms with E-state index in [1.807, 2.05) is 0 Å². The van der Waals surface area contributed by atoms with Gasteiger partial charge in [0.25, 0.3) is 0 Å². The molecule has 0 rings (SSSR count). The number of carbonyl (C=O) groups excluding carboxylic acids is 1. The minimum Gasteiger partial charge on any atom is -0.355 e. The molecular weight excluding hydrogens is 278 g/mol. The summed E-state index contributed by atoms with van der Waals surface area (Å²) in [6, 6.07) is 0. The number of amides is 1. The maximum Gasteiger partial charge on any atom is 0.223 e. The molecule has 0 unspecified atom stereocenters. The monoisotopic (exact) mass is 305 g/mol. The van der Waals surface area contributed by atoms with Crippen molar-refractivity contribution in [1.29, 1.82) is 0 Å². The zero-order valence-electron chi connectivity index (χ0n) is 11.8. The molecular formula is C14H28BrNO. The van der Waals surface area contributed by atoms with Gasteiger partial charge in [-0.2, -0.15) is 0 Å². The van der Waals surface area contributed by atoms with E-state index in [0.29, 0.717) is 0 Å². The highest BCUT2D eigenvalue weighted by molar-refractivity contribution is 9.09. The van der Waals surface area contributed by atoms with E-state index in [1.165, 1.54) is 0 Å². The van der Waals surface area contributed by atoms with Gasteiger partial charge in [0.2, 0.25) is 5.91 Å². The summed E-state index contributed by atoms with van der Waals surface area (Å²) in [5.41, 5.74) is 0.183. The molecule has 0 spiro atoms. The molecule has 0 fully saturated rings. The number of hydrogen-bond donors (Lipinski definition) is 1. The first-order chi connectivity index (χ1) is 7.96. The molecule has 3 heteroatoms. The predicted octanol–water partition coefficient (Wildman–Crippen LogP) is 4.13. The van der Waals surface area contributed by atoms with E-state index in [0.717, 1.165) is 44.0 Å². The van der Waals surface area contributed by atoms with Crippen molar-refractivity contribution < 1.29 is 4.79 Å². The summed E-state index contributed by atoms with van der Waals surface area (Å²) in [7, 11) is 0. The Kier molecular flexibility index (Phi) is 8.93. The van der Waals surface area contributed by atoms with E-state index in [-0.39, 0.29) is 17.2 Å². The minimum absolute atomic E-state index is 0.183. The zero-order valence-corrected chi connectivity index (χ0v) is 13.4. The highest BCUT2D eigenvalue weighted by Gasteiger charge is 2.21. The molecule has 0 heterocycles. The molecule has 0 aromatic carbocycles. The number of carbonyl (C=O) groups is 1. The van der Waals surface area contributed by atoms with Crippen molar-refractivity contribution in [2.45, 2.75) is 59.8 Å². The van der Waals surface area contributed by atoms with Crippen molar-refractivity contribution in [2.24, 2.45) is 11.3 Å². The predicted molar refractivity (Wildman–Crippen MR) is 78.5 cm³/mol. The molecule has 0 bridgehead atoms. The number of alkyl halides is 1. The molecule has 0 radical (unpaired) electrons. The van der Waals surface area contributed by atoms with Crippen LogP contribution in [0.2, 0.25) is 0 Å². The van der Waals surface area contributed by atoms with E-state index >= 15 is 0 Å². The van der Waals surface area contributed by atoms with Gasteiger partial charge in [-0.15, -0.1) is 0 Å². The van der Waals surface area contributed by atoms with E-state index in [9.17, 15) is 4.79 Å². The van der Waals surface area contributed by atoms with Gasteiger partial charge < -0.3 is 5.32 Å². The average molecular weight is 306 g/mol. The van der Waals surface area contributed by atoms with Crippen LogP contribution in [0.3, 0.4) is 0 Å². The Morgan fingerprint density at radius 2 is 1.76 bits per heavy atom. The van der Waals surface area contributed by atoms with Crippen LogP contribution in [-0.4, -0.2) is 17.8 Å². The Labute approximate surface area is 115 Å². The standard InChI is InChI=1S/C14H28BrNO/c1-5-7-12(8-6-2)13(17)16-11-14(3,4)9-10-15/h12H,5-11H2,1-4H3,(H,16,17). The lowest BCUT2D eigenvalue weighted by atomic mass is 9.89. The van der Waals surface area contributed by atoms with Gasteiger partial charge >= 0.3 is 0 Å². The third kappa shape index (κ3) is 7.80. The van der Waals surface area contributed by atoms with Gasteiger partial charge in [0.15, 0.2) is 0 Å². The quantitative estimate of drug-likeness (QED) is 0.638. The smallest absolute Gasteiger partial charge is 0.223 e. The molecule has 0 aliphatic heterocycles. The topological polar surface area (TPSA) is 29.1 Å². The fourth-order valence-corrected chi connectivity index (χ4v) is 2.99. The van der Waals surface area contributed by atoms with Crippen LogP contribution < -0.4 is 5.32 Å². The van der Waals surface area contributed by atoms with E-state index in [4.69, 9.17) is 0 Å². The third-order valence-electron chi connectivity index (χ3n) is 3.16. The van der Waals surface area contributed by atoms with Gasteiger partial charge in [0, 0.05) is 17.8 Å². The van der Waals surface area contributed by atoms with Gasteiger partial charge in [-0.05, 0) is 24.7 Å². The van der Waals surface area contributed by atoms with Crippen LogP contribution >= 0.6 is 15.9 Å². The van der Waals surface area contributed by atoms with Crippen LogP contribution in [-0.2, 0) is 4.79 Å². The summed E-state index contributed by atoms with van der Waals surface area (Å²) < 4.78 is 0. The first-order valence-corrected chi connectivity index (χ1v) is 7.92. The van der Waals surface area contributed by atoms with Crippen LogP contribution in [0.5, 0.6) is 0 Å². The van der Waals surface area contributed by atoms with Crippen molar-refractivity contribution in [3.05, 3.63) is 0 Å². The highest BCUT2D eigenvalue weighted by Crippen LogP contribution is 2.21. The van der Waals surface area contributed by atoms with Crippen LogP contribution in [0.1, 0.15) is 59.8 Å². The Balaban J connectivity index is 4.12. The molecule has 0 aromatic heterocycles. The molecule has 17 heavy (non-hydrogen) atoms. The molecule has 1 amide bonds. The fraction of sp³-hybridized carbons (Fsp3) is 0.929. The Hall–Kier alpha value is -0.0500. The summed E-state index contributed by atoms with van der Waals surface area (Å²) in [5.74, 6) is 0.459. The summed E-state index contributed by atoms with van der Waals surface area (Å²) in [5, 5.41) is 4.11. The van der Waals surface area contributed by atoms with Gasteiger partial charge in [0.05, 0.1) is 0 Å². The maximum atomic E-state index is 12.1. The van der Waals surface area contributed by atoms with Gasteiger partial charge in [0.1, 0.15) is 0 Å². The van der Waals surface area contributed by atoms with Crippen molar-refractivity contribution >= 4 is 21.8 Å². The van der Waals surface area contributed by atoms with Gasteiger partial charge in [-0.3, -0.25) is 4.79 Å². The van der Waals surface area contributed by atoms with E-state index in [2.05, 4.69) is 48.9 Å². The number of rotatable bonds is 9. The van der Waals surface area contributed by atoms with Crippen LogP contribution in [0.25, 0.3) is 0 Å². The second-order valence-electron chi connectivity index (χ2n) is 5.60. The lowest BCUT2D eigenvalue weighted by Crippen LogP contribution is -2.37. The van der Waals surface area contributed by atoms with E-state index < -0.39 is 0 Å². The fourth-order valence-electron chi connectivity index (χ4n) is 1.92. The van der Waals surface area contributed by atoms with Crippen molar-refractivity contribution in [1.82, 2.24) is 5.32 Å². The maximum absolute atomic E-state index is 12.1. The van der Waals surface area contributed by atoms with Crippen molar-refractivity contribution in [3.8, 4) is 0 Å². The Morgan fingerprint density at radius 1 is 1.24 bits per heavy atom. The second-order valence-corrected chi connectivity index (χ2v) is 6.39. The second kappa shape index (κ2) is 8.96. The lowest BCUT2D eigenvalue weighted by molar-refractivity contribution is -0.125. The summed E-state index contributed by atoms with van der Waals surface area (Å²) in [4.78, 5) is 12.1. The average Bonchev–Trinajstić information content (AvgIpc) is 2.26. The number of nitrogens with one attached hydrogen (secondary N) is 1. The first kappa shape index (κ1) is 16.9. The number of hydrogen-bond acceptors (Lipinski definition) is 1. The SMILES string of the molecule is CCCC(CCC)C(=O)NCC(C)(C)CCBr. The van der Waals surface area contributed by atoms with Gasteiger partial charge in [-0.1, -0.05) is 56.5 Å². The highest BCUT2D eigenvalue weighted by atomic mass is 79.9. The first-order valence-electron chi connectivity index (χ1n) is 6.80. The molecule has 0 aliphatic carbocycles. The Bertz CT molecular complexity index is 210. The van der Waals surface area contributed by atoms with Crippen molar-refractivity contribution in [2.75, 3.05) is 11.9 Å². The van der Waals surface area contributed by atoms with Crippen LogP contribution in [0.4, 0.5) is 0 Å². The zero-order chi connectivity index (χ0) is 13.3. The van der Waals surface area contributed by atoms with Crippen LogP contribution in [0.15, 0.2) is 0 Å². The summed E-state index contributed by atoms with van der Waals surface area (Å²) in [6.07, 6.45) is 5.28.